The van der Waals surface area contributed by atoms with Gasteiger partial charge in [0, 0.05) is 12.6 Å². The maximum atomic E-state index is 11.8. The van der Waals surface area contributed by atoms with Gasteiger partial charge in [-0.1, -0.05) is 26.2 Å². The van der Waals surface area contributed by atoms with Crippen LogP contribution in [0.4, 0.5) is 0 Å². The smallest absolute Gasteiger partial charge is 0.236 e. The van der Waals surface area contributed by atoms with Gasteiger partial charge in [-0.3, -0.25) is 9.69 Å². The first-order valence-corrected chi connectivity index (χ1v) is 7.42. The van der Waals surface area contributed by atoms with Gasteiger partial charge in [0.1, 0.15) is 0 Å². The number of carbonyl (C=O) groups is 1. The van der Waals surface area contributed by atoms with Crippen LogP contribution in [0.25, 0.3) is 0 Å². The van der Waals surface area contributed by atoms with E-state index in [2.05, 4.69) is 24.1 Å². The van der Waals surface area contributed by atoms with Gasteiger partial charge in [-0.15, -0.1) is 0 Å². The largest absolute Gasteiger partial charge is 0.353 e. The second-order valence-electron chi connectivity index (χ2n) is 5.44. The molecule has 1 rings (SSSR count). The van der Waals surface area contributed by atoms with E-state index in [0.717, 1.165) is 25.8 Å². The van der Waals surface area contributed by atoms with E-state index in [4.69, 9.17) is 5.73 Å². The highest BCUT2D eigenvalue weighted by Crippen LogP contribution is 2.11. The predicted molar refractivity (Wildman–Crippen MR) is 75.4 cm³/mol. The fourth-order valence-corrected chi connectivity index (χ4v) is 2.42. The van der Waals surface area contributed by atoms with Crippen molar-refractivity contribution in [3.8, 4) is 0 Å². The molecule has 0 aromatic rings. The van der Waals surface area contributed by atoms with Gasteiger partial charge in [0.15, 0.2) is 0 Å². The Labute approximate surface area is 111 Å². The molecule has 4 heteroatoms. The molecule has 0 radical (unpaired) electrons. The summed E-state index contributed by atoms with van der Waals surface area (Å²) in [6, 6.07) is 0.0890. The van der Waals surface area contributed by atoms with Gasteiger partial charge in [-0.2, -0.15) is 0 Å². The van der Waals surface area contributed by atoms with Crippen LogP contribution in [0, 0.1) is 0 Å². The van der Waals surface area contributed by atoms with Crippen molar-refractivity contribution in [1.82, 2.24) is 10.2 Å². The summed E-state index contributed by atoms with van der Waals surface area (Å²) in [5.41, 5.74) is 5.84. The molecule has 18 heavy (non-hydrogen) atoms. The number of nitrogens with two attached hydrogens (primary N) is 1. The molecule has 0 spiro atoms. The maximum absolute atomic E-state index is 11.8. The topological polar surface area (TPSA) is 58.4 Å². The van der Waals surface area contributed by atoms with Crippen molar-refractivity contribution >= 4 is 5.91 Å². The average Bonchev–Trinajstić information content (AvgIpc) is 2.42. The van der Waals surface area contributed by atoms with Crippen molar-refractivity contribution in [1.29, 1.82) is 0 Å². The van der Waals surface area contributed by atoms with E-state index in [-0.39, 0.29) is 11.9 Å². The normalized spacial score (nSPS) is 20.4. The molecule has 0 aromatic carbocycles. The van der Waals surface area contributed by atoms with Crippen LogP contribution in [0.15, 0.2) is 0 Å². The van der Waals surface area contributed by atoms with Gasteiger partial charge in [0.2, 0.25) is 5.91 Å². The first-order valence-electron chi connectivity index (χ1n) is 7.42. The molecule has 1 aliphatic heterocycles. The Morgan fingerprint density at radius 2 is 2.00 bits per heavy atom. The van der Waals surface area contributed by atoms with E-state index in [1.807, 2.05) is 0 Å². The lowest BCUT2D eigenvalue weighted by atomic mass is 10.1. The van der Waals surface area contributed by atoms with E-state index in [9.17, 15) is 4.79 Å². The monoisotopic (exact) mass is 255 g/mol. The van der Waals surface area contributed by atoms with Gasteiger partial charge >= 0.3 is 0 Å². The number of hydrogen-bond acceptors (Lipinski definition) is 3. The molecule has 0 saturated carbocycles. The van der Waals surface area contributed by atoms with Crippen molar-refractivity contribution in [2.24, 2.45) is 5.73 Å². The Kier molecular flexibility index (Phi) is 7.28. The summed E-state index contributed by atoms with van der Waals surface area (Å²) in [6.07, 6.45) is 6.82. The van der Waals surface area contributed by atoms with Crippen molar-refractivity contribution in [3.05, 3.63) is 0 Å². The number of piperidine rings is 1. The second kappa shape index (κ2) is 8.48. The van der Waals surface area contributed by atoms with Crippen LogP contribution in [0.2, 0.25) is 0 Å². The molecule has 1 saturated heterocycles. The number of nitrogens with zero attached hydrogens (tertiary/aromatic N) is 1. The summed E-state index contributed by atoms with van der Waals surface area (Å²) in [4.78, 5) is 14.2. The standard InChI is InChI=1S/C14H29N3O/c1-3-4-8-13(15)14(18)16-11-12(2)17-9-6-5-7-10-17/h12-13H,3-11,15H2,1-2H3,(H,16,18). The minimum Gasteiger partial charge on any atom is -0.353 e. The van der Waals surface area contributed by atoms with Gasteiger partial charge < -0.3 is 11.1 Å². The number of hydrogen-bond donors (Lipinski definition) is 2. The highest BCUT2D eigenvalue weighted by molar-refractivity contribution is 5.81. The third-order valence-electron chi connectivity index (χ3n) is 3.79. The van der Waals surface area contributed by atoms with E-state index in [0.29, 0.717) is 6.04 Å². The lowest BCUT2D eigenvalue weighted by Crippen LogP contribution is -2.48. The summed E-state index contributed by atoms with van der Waals surface area (Å²) >= 11 is 0. The first kappa shape index (κ1) is 15.4. The van der Waals surface area contributed by atoms with Crippen LogP contribution in [0.1, 0.15) is 52.4 Å². The van der Waals surface area contributed by atoms with Crippen molar-refractivity contribution < 1.29 is 4.79 Å². The number of rotatable bonds is 7. The molecule has 4 nitrogen and oxygen atoms in total. The fourth-order valence-electron chi connectivity index (χ4n) is 2.42. The Morgan fingerprint density at radius 1 is 1.33 bits per heavy atom. The van der Waals surface area contributed by atoms with E-state index in [1.54, 1.807) is 0 Å². The Morgan fingerprint density at radius 3 is 2.61 bits per heavy atom. The first-order chi connectivity index (χ1) is 8.65. The number of amides is 1. The van der Waals surface area contributed by atoms with Gasteiger partial charge in [-0.25, -0.2) is 0 Å². The summed E-state index contributed by atoms with van der Waals surface area (Å²) in [7, 11) is 0. The second-order valence-corrected chi connectivity index (χ2v) is 5.44. The lowest BCUT2D eigenvalue weighted by Gasteiger charge is -2.32. The zero-order chi connectivity index (χ0) is 13.4. The molecular formula is C14H29N3O. The van der Waals surface area contributed by atoms with E-state index in [1.165, 1.54) is 32.4 Å². The summed E-state index contributed by atoms with van der Waals surface area (Å²) in [5, 5.41) is 2.98. The Balaban J connectivity index is 2.20. The van der Waals surface area contributed by atoms with Crippen molar-refractivity contribution in [2.45, 2.75) is 64.5 Å². The highest BCUT2D eigenvalue weighted by atomic mass is 16.2. The number of likely N-dealkylation sites (tertiary alicyclic amines) is 1. The van der Waals surface area contributed by atoms with Crippen LogP contribution in [0.5, 0.6) is 0 Å². The Hall–Kier alpha value is -0.610. The molecule has 1 amide bonds. The molecule has 0 aromatic heterocycles. The molecule has 0 aliphatic carbocycles. The molecule has 1 heterocycles. The quantitative estimate of drug-likeness (QED) is 0.725. The molecule has 1 aliphatic rings. The maximum Gasteiger partial charge on any atom is 0.236 e. The van der Waals surface area contributed by atoms with Crippen LogP contribution in [0.3, 0.4) is 0 Å². The zero-order valence-electron chi connectivity index (χ0n) is 12.0. The molecular weight excluding hydrogens is 226 g/mol. The Bertz CT molecular complexity index is 239. The number of unbranched alkanes of at least 4 members (excludes halogenated alkanes) is 1. The molecule has 3 N–H and O–H groups in total. The minimum absolute atomic E-state index is 0.00677. The summed E-state index contributed by atoms with van der Waals surface area (Å²) < 4.78 is 0. The lowest BCUT2D eigenvalue weighted by molar-refractivity contribution is -0.122. The van der Waals surface area contributed by atoms with Crippen LogP contribution in [-0.2, 0) is 4.79 Å². The average molecular weight is 255 g/mol. The number of nitrogens with one attached hydrogen (secondary N) is 1. The number of carbonyl (C=O) groups excluding carboxylic acids is 1. The molecule has 0 bridgehead atoms. The fraction of sp³-hybridized carbons (Fsp3) is 0.929. The van der Waals surface area contributed by atoms with E-state index < -0.39 is 0 Å². The molecule has 2 unspecified atom stereocenters. The predicted octanol–water partition coefficient (Wildman–Crippen LogP) is 1.49. The highest BCUT2D eigenvalue weighted by Gasteiger charge is 2.18. The van der Waals surface area contributed by atoms with E-state index >= 15 is 0 Å². The van der Waals surface area contributed by atoms with Crippen LogP contribution in [-0.4, -0.2) is 42.5 Å². The van der Waals surface area contributed by atoms with Crippen molar-refractivity contribution in [2.75, 3.05) is 19.6 Å². The van der Waals surface area contributed by atoms with Crippen molar-refractivity contribution in [3.63, 3.8) is 0 Å². The molecule has 1 fully saturated rings. The van der Waals surface area contributed by atoms with Crippen LogP contribution >= 0.6 is 0 Å². The third kappa shape index (κ3) is 5.36. The third-order valence-corrected chi connectivity index (χ3v) is 3.79. The summed E-state index contributed by atoms with van der Waals surface area (Å²) in [5.74, 6) is 0.00677. The van der Waals surface area contributed by atoms with Gasteiger partial charge in [0.25, 0.3) is 0 Å². The van der Waals surface area contributed by atoms with Gasteiger partial charge in [0.05, 0.1) is 6.04 Å². The summed E-state index contributed by atoms with van der Waals surface area (Å²) in [6.45, 7) is 7.35. The van der Waals surface area contributed by atoms with Gasteiger partial charge in [-0.05, 0) is 39.3 Å². The molecule has 106 valence electrons. The zero-order valence-corrected chi connectivity index (χ0v) is 12.0. The SMILES string of the molecule is CCCCC(N)C(=O)NCC(C)N1CCCCC1. The molecule has 2 atom stereocenters. The van der Waals surface area contributed by atoms with Crippen LogP contribution < -0.4 is 11.1 Å². The minimum atomic E-state index is -0.335.